The summed E-state index contributed by atoms with van der Waals surface area (Å²) in [7, 11) is -7.34. The standard InChI is InChI=1S/C19H20FN3O6S2/c1-12(24)21-14-5-6-17(20)18(10-14)22-19(25)13-3-2-4-16(9-13)31(28,29)23-15-7-8-30(26,27)11-15/h2-6,9-10,15,23H,7-8,11H2,1H3,(H,21,24)(H,22,25). The van der Waals surface area contributed by atoms with Crippen LogP contribution in [0.3, 0.4) is 0 Å². The molecule has 1 aliphatic heterocycles. The summed E-state index contributed by atoms with van der Waals surface area (Å²) < 4.78 is 64.7. The summed E-state index contributed by atoms with van der Waals surface area (Å²) in [5.74, 6) is -2.25. The molecule has 0 aliphatic carbocycles. The highest BCUT2D eigenvalue weighted by molar-refractivity contribution is 7.92. The number of hydrogen-bond donors (Lipinski definition) is 3. The van der Waals surface area contributed by atoms with E-state index in [-0.39, 0.29) is 45.7 Å². The third-order valence-electron chi connectivity index (χ3n) is 4.50. The fraction of sp³-hybridized carbons (Fsp3) is 0.263. The Hall–Kier alpha value is -2.83. The Bertz CT molecular complexity index is 1250. The summed E-state index contributed by atoms with van der Waals surface area (Å²) in [6.07, 6.45) is 0.172. The zero-order valence-electron chi connectivity index (χ0n) is 16.4. The quantitative estimate of drug-likeness (QED) is 0.586. The molecular formula is C19H20FN3O6S2. The molecule has 1 unspecified atom stereocenters. The van der Waals surface area contributed by atoms with Crippen molar-refractivity contribution in [2.24, 2.45) is 0 Å². The van der Waals surface area contributed by atoms with E-state index in [0.717, 1.165) is 12.1 Å². The predicted octanol–water partition coefficient (Wildman–Crippen LogP) is 1.50. The van der Waals surface area contributed by atoms with Gasteiger partial charge in [0.2, 0.25) is 15.9 Å². The number of rotatable bonds is 6. The molecule has 2 aromatic rings. The van der Waals surface area contributed by atoms with Gasteiger partial charge in [-0.15, -0.1) is 0 Å². The molecule has 0 aromatic heterocycles. The van der Waals surface area contributed by atoms with Crippen LogP contribution in [0.25, 0.3) is 0 Å². The molecule has 0 radical (unpaired) electrons. The van der Waals surface area contributed by atoms with Crippen molar-refractivity contribution < 1.29 is 30.8 Å². The zero-order chi connectivity index (χ0) is 22.8. The number of hydrogen-bond acceptors (Lipinski definition) is 6. The zero-order valence-corrected chi connectivity index (χ0v) is 18.0. The maximum atomic E-state index is 14.1. The first-order valence-electron chi connectivity index (χ1n) is 9.16. The number of sulfone groups is 1. The van der Waals surface area contributed by atoms with Crippen LogP contribution in [0.2, 0.25) is 0 Å². The monoisotopic (exact) mass is 469 g/mol. The number of carbonyl (C=O) groups is 2. The number of sulfonamides is 1. The van der Waals surface area contributed by atoms with Gasteiger partial charge in [-0.2, -0.15) is 0 Å². The Morgan fingerprint density at radius 1 is 1.10 bits per heavy atom. The molecule has 12 heteroatoms. The normalized spacial score (nSPS) is 17.8. The fourth-order valence-corrected chi connectivity index (χ4v) is 6.17. The molecule has 2 amide bonds. The highest BCUT2D eigenvalue weighted by Crippen LogP contribution is 2.22. The molecule has 1 saturated heterocycles. The summed E-state index contributed by atoms with van der Waals surface area (Å²) >= 11 is 0. The van der Waals surface area contributed by atoms with Crippen LogP contribution >= 0.6 is 0 Å². The number of halogens is 1. The first-order valence-corrected chi connectivity index (χ1v) is 12.5. The van der Waals surface area contributed by atoms with E-state index >= 15 is 0 Å². The van der Waals surface area contributed by atoms with Crippen molar-refractivity contribution in [1.29, 1.82) is 0 Å². The lowest BCUT2D eigenvalue weighted by molar-refractivity contribution is -0.114. The minimum atomic E-state index is -4.07. The number of nitrogens with one attached hydrogen (secondary N) is 3. The lowest BCUT2D eigenvalue weighted by Crippen LogP contribution is -2.35. The number of anilines is 2. The van der Waals surface area contributed by atoms with E-state index in [1.165, 1.54) is 37.3 Å². The molecule has 0 saturated carbocycles. The summed E-state index contributed by atoms with van der Waals surface area (Å²) in [5.41, 5.74) is 0.0290. The topological polar surface area (TPSA) is 139 Å². The van der Waals surface area contributed by atoms with E-state index in [9.17, 15) is 30.8 Å². The number of benzene rings is 2. The highest BCUT2D eigenvalue weighted by Gasteiger charge is 2.31. The molecule has 1 fully saturated rings. The van der Waals surface area contributed by atoms with Crippen LogP contribution in [-0.4, -0.2) is 46.2 Å². The molecule has 166 valence electrons. The Morgan fingerprint density at radius 2 is 1.84 bits per heavy atom. The van der Waals surface area contributed by atoms with Gasteiger partial charge in [-0.3, -0.25) is 9.59 Å². The maximum Gasteiger partial charge on any atom is 0.255 e. The molecular weight excluding hydrogens is 449 g/mol. The second kappa shape index (κ2) is 8.73. The van der Waals surface area contributed by atoms with Gasteiger partial charge < -0.3 is 10.6 Å². The van der Waals surface area contributed by atoms with Crippen LogP contribution in [0.5, 0.6) is 0 Å². The molecule has 1 aliphatic rings. The van der Waals surface area contributed by atoms with Crippen LogP contribution in [0.1, 0.15) is 23.7 Å². The Labute approximate surface area is 179 Å². The molecule has 0 bridgehead atoms. The van der Waals surface area contributed by atoms with Crippen LogP contribution in [-0.2, 0) is 24.7 Å². The smallest absolute Gasteiger partial charge is 0.255 e. The third-order valence-corrected chi connectivity index (χ3v) is 7.78. The van der Waals surface area contributed by atoms with Crippen molar-refractivity contribution >= 4 is 43.0 Å². The lowest BCUT2D eigenvalue weighted by Gasteiger charge is -2.13. The molecule has 31 heavy (non-hydrogen) atoms. The molecule has 0 spiro atoms. The lowest BCUT2D eigenvalue weighted by atomic mass is 10.2. The summed E-state index contributed by atoms with van der Waals surface area (Å²) in [6, 6.07) is 7.96. The van der Waals surface area contributed by atoms with Gasteiger partial charge in [0, 0.05) is 24.2 Å². The van der Waals surface area contributed by atoms with E-state index < -0.39 is 37.6 Å². The predicted molar refractivity (Wildman–Crippen MR) is 112 cm³/mol. The van der Waals surface area contributed by atoms with E-state index in [4.69, 9.17) is 0 Å². The number of carbonyl (C=O) groups excluding carboxylic acids is 2. The summed E-state index contributed by atoms with van der Waals surface area (Å²) in [4.78, 5) is 23.5. The third kappa shape index (κ3) is 5.87. The van der Waals surface area contributed by atoms with Crippen LogP contribution in [0, 0.1) is 5.82 Å². The van der Waals surface area contributed by atoms with Crippen LogP contribution < -0.4 is 15.4 Å². The van der Waals surface area contributed by atoms with Crippen molar-refractivity contribution in [3.05, 3.63) is 53.8 Å². The van der Waals surface area contributed by atoms with Crippen molar-refractivity contribution in [1.82, 2.24) is 4.72 Å². The van der Waals surface area contributed by atoms with Crippen molar-refractivity contribution in [3.8, 4) is 0 Å². The Balaban J connectivity index is 1.78. The van der Waals surface area contributed by atoms with E-state index in [1.807, 2.05) is 0 Å². The van der Waals surface area contributed by atoms with Crippen molar-refractivity contribution in [3.63, 3.8) is 0 Å². The Morgan fingerprint density at radius 3 is 2.48 bits per heavy atom. The largest absolute Gasteiger partial charge is 0.326 e. The van der Waals surface area contributed by atoms with Crippen molar-refractivity contribution in [2.75, 3.05) is 22.1 Å². The molecule has 3 N–H and O–H groups in total. The van der Waals surface area contributed by atoms with Gasteiger partial charge in [0.1, 0.15) is 5.82 Å². The van der Waals surface area contributed by atoms with Gasteiger partial charge in [0.25, 0.3) is 5.91 Å². The van der Waals surface area contributed by atoms with E-state index in [2.05, 4.69) is 15.4 Å². The highest BCUT2D eigenvalue weighted by atomic mass is 32.2. The fourth-order valence-electron chi connectivity index (χ4n) is 3.08. The van der Waals surface area contributed by atoms with Gasteiger partial charge in [-0.25, -0.2) is 25.9 Å². The van der Waals surface area contributed by atoms with Gasteiger partial charge >= 0.3 is 0 Å². The molecule has 1 heterocycles. The van der Waals surface area contributed by atoms with Gasteiger partial charge in [0.15, 0.2) is 9.84 Å². The first kappa shape index (κ1) is 22.8. The van der Waals surface area contributed by atoms with Gasteiger partial charge in [-0.05, 0) is 42.8 Å². The Kier molecular flexibility index (Phi) is 6.43. The SMILES string of the molecule is CC(=O)Nc1ccc(F)c(NC(=O)c2cccc(S(=O)(=O)NC3CCS(=O)(=O)C3)c2)c1. The van der Waals surface area contributed by atoms with Crippen LogP contribution in [0.15, 0.2) is 47.4 Å². The molecule has 3 rings (SSSR count). The maximum absolute atomic E-state index is 14.1. The van der Waals surface area contributed by atoms with E-state index in [0.29, 0.717) is 0 Å². The molecule has 2 aromatic carbocycles. The summed E-state index contributed by atoms with van der Waals surface area (Å²) in [6.45, 7) is 1.28. The average Bonchev–Trinajstić information content (AvgIpc) is 3.01. The summed E-state index contributed by atoms with van der Waals surface area (Å²) in [5, 5.41) is 4.81. The molecule has 1 atom stereocenters. The number of amides is 2. The van der Waals surface area contributed by atoms with E-state index in [1.54, 1.807) is 0 Å². The molecule has 9 nitrogen and oxygen atoms in total. The average molecular weight is 470 g/mol. The van der Waals surface area contributed by atoms with Crippen LogP contribution in [0.4, 0.5) is 15.8 Å². The van der Waals surface area contributed by atoms with Gasteiger partial charge in [0.05, 0.1) is 22.1 Å². The minimum Gasteiger partial charge on any atom is -0.326 e. The minimum absolute atomic E-state index is 0.0498. The van der Waals surface area contributed by atoms with Gasteiger partial charge in [-0.1, -0.05) is 6.07 Å². The second-order valence-electron chi connectivity index (χ2n) is 7.08. The first-order chi connectivity index (χ1) is 14.4. The second-order valence-corrected chi connectivity index (χ2v) is 11.0. The van der Waals surface area contributed by atoms with Crippen molar-refractivity contribution in [2.45, 2.75) is 24.3 Å².